The maximum Gasteiger partial charge on any atom is 0.252 e. The van der Waals surface area contributed by atoms with Crippen LogP contribution in [0.4, 0.5) is 0 Å². The topological polar surface area (TPSA) is 69.7 Å². The van der Waals surface area contributed by atoms with E-state index in [1.165, 1.54) is 15.6 Å². The molecule has 28 heavy (non-hydrogen) atoms. The molecule has 0 spiro atoms. The minimum Gasteiger partial charge on any atom is -0.348 e. The molecule has 2 aromatic rings. The molecule has 0 aliphatic carbocycles. The first-order valence-electron chi connectivity index (χ1n) is 9.61. The standard InChI is InChI=1S/C20H27N3O3S2/c1-2-7-18(17-8-4-3-5-9-17)21-19(24)16-22-11-13-23(14-12-22)28(25,26)20-10-6-15-27-20/h3-6,8-10,15,18H,2,7,11-14,16H2,1H3,(H,21,24)/t18-/m1/s1. The minimum atomic E-state index is -3.41. The largest absolute Gasteiger partial charge is 0.348 e. The average molecular weight is 422 g/mol. The molecule has 3 rings (SSSR count). The van der Waals surface area contributed by atoms with Gasteiger partial charge in [0, 0.05) is 26.2 Å². The zero-order valence-electron chi connectivity index (χ0n) is 16.1. The Labute approximate surface area is 171 Å². The van der Waals surface area contributed by atoms with Crippen LogP contribution in [0, 0.1) is 0 Å². The summed E-state index contributed by atoms with van der Waals surface area (Å²) in [5, 5.41) is 4.91. The Kier molecular flexibility index (Phi) is 7.23. The van der Waals surface area contributed by atoms with Gasteiger partial charge in [-0.05, 0) is 23.4 Å². The zero-order valence-corrected chi connectivity index (χ0v) is 17.7. The summed E-state index contributed by atoms with van der Waals surface area (Å²) < 4.78 is 27.1. The quantitative estimate of drug-likeness (QED) is 0.712. The molecule has 1 aliphatic rings. The Balaban J connectivity index is 1.52. The predicted octanol–water partition coefficient (Wildman–Crippen LogP) is 2.71. The van der Waals surface area contributed by atoms with Crippen LogP contribution in [0.5, 0.6) is 0 Å². The number of nitrogens with zero attached hydrogens (tertiary/aromatic N) is 2. The van der Waals surface area contributed by atoms with Crippen LogP contribution in [-0.4, -0.2) is 56.3 Å². The lowest BCUT2D eigenvalue weighted by Crippen LogP contribution is -2.51. The Morgan fingerprint density at radius 3 is 2.43 bits per heavy atom. The number of thiophene rings is 1. The van der Waals surface area contributed by atoms with E-state index in [9.17, 15) is 13.2 Å². The van der Waals surface area contributed by atoms with Crippen LogP contribution in [0.15, 0.2) is 52.1 Å². The number of hydrogen-bond donors (Lipinski definition) is 1. The molecule has 0 radical (unpaired) electrons. The summed E-state index contributed by atoms with van der Waals surface area (Å²) in [5.41, 5.74) is 1.12. The normalized spacial score (nSPS) is 17.3. The monoisotopic (exact) mass is 421 g/mol. The van der Waals surface area contributed by atoms with Gasteiger partial charge in [-0.15, -0.1) is 11.3 Å². The van der Waals surface area contributed by atoms with Crippen LogP contribution in [0.3, 0.4) is 0 Å². The molecule has 6 nitrogen and oxygen atoms in total. The third-order valence-electron chi connectivity index (χ3n) is 4.90. The third-order valence-corrected chi connectivity index (χ3v) is 8.17. The van der Waals surface area contributed by atoms with E-state index in [-0.39, 0.29) is 11.9 Å². The Morgan fingerprint density at radius 1 is 1.11 bits per heavy atom. The van der Waals surface area contributed by atoms with E-state index >= 15 is 0 Å². The van der Waals surface area contributed by atoms with Gasteiger partial charge < -0.3 is 5.32 Å². The van der Waals surface area contributed by atoms with Crippen molar-refractivity contribution >= 4 is 27.3 Å². The molecule has 1 aliphatic heterocycles. The van der Waals surface area contributed by atoms with Gasteiger partial charge >= 0.3 is 0 Å². The summed E-state index contributed by atoms with van der Waals surface area (Å²) in [6.07, 6.45) is 1.88. The number of amides is 1. The van der Waals surface area contributed by atoms with Crippen LogP contribution in [0.2, 0.25) is 0 Å². The van der Waals surface area contributed by atoms with Gasteiger partial charge in [-0.3, -0.25) is 9.69 Å². The molecule has 0 saturated carbocycles. The number of hydrogen-bond acceptors (Lipinski definition) is 5. The van der Waals surface area contributed by atoms with Crippen LogP contribution < -0.4 is 5.32 Å². The van der Waals surface area contributed by atoms with E-state index in [1.54, 1.807) is 17.5 Å². The maximum atomic E-state index is 12.6. The van der Waals surface area contributed by atoms with Crippen molar-refractivity contribution in [3.63, 3.8) is 0 Å². The number of sulfonamides is 1. The second-order valence-electron chi connectivity index (χ2n) is 6.93. The van der Waals surface area contributed by atoms with Crippen molar-refractivity contribution in [2.45, 2.75) is 30.0 Å². The molecule has 0 bridgehead atoms. The zero-order chi connectivity index (χ0) is 20.0. The van der Waals surface area contributed by atoms with E-state index in [1.807, 2.05) is 35.2 Å². The molecule has 1 atom stereocenters. The summed E-state index contributed by atoms with van der Waals surface area (Å²) in [6, 6.07) is 13.4. The van der Waals surface area contributed by atoms with Gasteiger partial charge in [0.1, 0.15) is 4.21 Å². The highest BCUT2D eigenvalue weighted by atomic mass is 32.2. The molecule has 2 heterocycles. The van der Waals surface area contributed by atoms with Gasteiger partial charge in [0.15, 0.2) is 0 Å². The van der Waals surface area contributed by atoms with Crippen molar-refractivity contribution in [3.8, 4) is 0 Å². The van der Waals surface area contributed by atoms with Gasteiger partial charge in [0.05, 0.1) is 12.6 Å². The number of piperazine rings is 1. The molecule has 1 aromatic carbocycles. The molecular formula is C20H27N3O3S2. The Bertz CT molecular complexity index is 846. The first kappa shape index (κ1) is 21.0. The molecule has 1 N–H and O–H groups in total. The summed E-state index contributed by atoms with van der Waals surface area (Å²) >= 11 is 1.24. The number of nitrogens with one attached hydrogen (secondary N) is 1. The fourth-order valence-electron chi connectivity index (χ4n) is 3.40. The fourth-order valence-corrected chi connectivity index (χ4v) is 5.97. The molecular weight excluding hydrogens is 394 g/mol. The highest BCUT2D eigenvalue weighted by Gasteiger charge is 2.29. The Morgan fingerprint density at radius 2 is 1.82 bits per heavy atom. The van der Waals surface area contributed by atoms with E-state index in [2.05, 4.69) is 12.2 Å². The minimum absolute atomic E-state index is 0.0131. The van der Waals surface area contributed by atoms with Gasteiger partial charge in [0.2, 0.25) is 5.91 Å². The summed E-state index contributed by atoms with van der Waals surface area (Å²) in [6.45, 7) is 4.33. The van der Waals surface area contributed by atoms with Crippen molar-refractivity contribution in [2.24, 2.45) is 0 Å². The van der Waals surface area contributed by atoms with Crippen molar-refractivity contribution < 1.29 is 13.2 Å². The highest BCUT2D eigenvalue weighted by molar-refractivity contribution is 7.91. The van der Waals surface area contributed by atoms with Crippen molar-refractivity contribution in [1.29, 1.82) is 0 Å². The lowest BCUT2D eigenvalue weighted by molar-refractivity contribution is -0.123. The molecule has 1 fully saturated rings. The molecule has 1 amide bonds. The summed E-state index contributed by atoms with van der Waals surface area (Å²) in [7, 11) is -3.41. The lowest BCUT2D eigenvalue weighted by atomic mass is 10.0. The SMILES string of the molecule is CCC[C@@H](NC(=O)CN1CCN(S(=O)(=O)c2cccs2)CC1)c1ccccc1. The van der Waals surface area contributed by atoms with Gasteiger partial charge in [-0.25, -0.2) is 8.42 Å². The average Bonchev–Trinajstić information content (AvgIpc) is 3.24. The van der Waals surface area contributed by atoms with E-state index in [0.717, 1.165) is 18.4 Å². The lowest BCUT2D eigenvalue weighted by Gasteiger charge is -2.33. The second-order valence-corrected chi connectivity index (χ2v) is 10.0. The van der Waals surface area contributed by atoms with Crippen LogP contribution >= 0.6 is 11.3 Å². The van der Waals surface area contributed by atoms with E-state index in [0.29, 0.717) is 36.9 Å². The smallest absolute Gasteiger partial charge is 0.252 e. The number of carbonyl (C=O) groups is 1. The maximum absolute atomic E-state index is 12.6. The number of rotatable bonds is 8. The van der Waals surface area contributed by atoms with E-state index in [4.69, 9.17) is 0 Å². The predicted molar refractivity (Wildman–Crippen MR) is 112 cm³/mol. The van der Waals surface area contributed by atoms with Crippen LogP contribution in [-0.2, 0) is 14.8 Å². The van der Waals surface area contributed by atoms with Gasteiger partial charge in [-0.2, -0.15) is 4.31 Å². The van der Waals surface area contributed by atoms with Crippen molar-refractivity contribution in [1.82, 2.24) is 14.5 Å². The second kappa shape index (κ2) is 9.65. The van der Waals surface area contributed by atoms with E-state index < -0.39 is 10.0 Å². The third kappa shape index (κ3) is 5.20. The number of carbonyl (C=O) groups excluding carboxylic acids is 1. The summed E-state index contributed by atoms with van der Waals surface area (Å²) in [4.78, 5) is 14.6. The van der Waals surface area contributed by atoms with Crippen LogP contribution in [0.25, 0.3) is 0 Å². The Hall–Kier alpha value is -1.74. The van der Waals surface area contributed by atoms with Gasteiger partial charge in [0.25, 0.3) is 10.0 Å². The fraction of sp³-hybridized carbons (Fsp3) is 0.450. The summed E-state index contributed by atoms with van der Waals surface area (Å²) in [5.74, 6) is -0.0168. The van der Waals surface area contributed by atoms with Crippen molar-refractivity contribution in [2.75, 3.05) is 32.7 Å². The van der Waals surface area contributed by atoms with Crippen LogP contribution in [0.1, 0.15) is 31.4 Å². The molecule has 0 unspecified atom stereocenters. The number of benzene rings is 1. The molecule has 1 aromatic heterocycles. The van der Waals surface area contributed by atoms with Gasteiger partial charge in [-0.1, -0.05) is 49.7 Å². The highest BCUT2D eigenvalue weighted by Crippen LogP contribution is 2.22. The van der Waals surface area contributed by atoms with Crippen molar-refractivity contribution in [3.05, 3.63) is 53.4 Å². The molecule has 8 heteroatoms. The first-order valence-corrected chi connectivity index (χ1v) is 11.9. The molecule has 152 valence electrons. The first-order chi connectivity index (χ1) is 13.5. The molecule has 1 saturated heterocycles.